The van der Waals surface area contributed by atoms with Crippen LogP contribution in [-0.2, 0) is 19.1 Å². The summed E-state index contributed by atoms with van der Waals surface area (Å²) in [4.78, 5) is 24.6. The van der Waals surface area contributed by atoms with E-state index in [1.165, 1.54) is 0 Å². The van der Waals surface area contributed by atoms with Gasteiger partial charge in [-0.2, -0.15) is 0 Å². The van der Waals surface area contributed by atoms with Gasteiger partial charge in [0.25, 0.3) is 0 Å². The van der Waals surface area contributed by atoms with Crippen molar-refractivity contribution in [1.29, 1.82) is 0 Å². The third kappa shape index (κ3) is 4.41. The second-order valence-corrected chi connectivity index (χ2v) is 6.01. The Balaban J connectivity index is 1.68. The predicted molar refractivity (Wildman–Crippen MR) is 76.0 cm³/mol. The van der Waals surface area contributed by atoms with Gasteiger partial charge < -0.3 is 19.5 Å². The van der Waals surface area contributed by atoms with Crippen LogP contribution >= 0.6 is 0 Å². The number of rotatable bonds is 7. The molecule has 120 valence electrons. The van der Waals surface area contributed by atoms with Gasteiger partial charge in [-0.1, -0.05) is 0 Å². The summed E-state index contributed by atoms with van der Waals surface area (Å²) in [7, 11) is 1.69. The lowest BCUT2D eigenvalue weighted by molar-refractivity contribution is -0.146. The number of aliphatic carboxylic acids is 1. The molecule has 1 saturated carbocycles. The summed E-state index contributed by atoms with van der Waals surface area (Å²) in [6, 6.07) is 0. The van der Waals surface area contributed by atoms with Crippen LogP contribution in [0.1, 0.15) is 44.9 Å². The molecule has 6 nitrogen and oxygen atoms in total. The van der Waals surface area contributed by atoms with E-state index in [1.54, 1.807) is 7.11 Å². The smallest absolute Gasteiger partial charge is 0.305 e. The topological polar surface area (TPSA) is 76.1 Å². The molecule has 2 fully saturated rings. The van der Waals surface area contributed by atoms with E-state index >= 15 is 0 Å². The zero-order valence-corrected chi connectivity index (χ0v) is 12.7. The molecule has 0 aromatic rings. The van der Waals surface area contributed by atoms with Gasteiger partial charge in [0.1, 0.15) is 0 Å². The van der Waals surface area contributed by atoms with Crippen molar-refractivity contribution in [1.82, 2.24) is 4.90 Å². The quantitative estimate of drug-likeness (QED) is 0.769. The molecule has 1 saturated heterocycles. The number of carboxylic acid groups (broad SMARTS) is 1. The van der Waals surface area contributed by atoms with Crippen LogP contribution < -0.4 is 0 Å². The molecule has 1 aliphatic heterocycles. The minimum absolute atomic E-state index is 0.0372. The van der Waals surface area contributed by atoms with E-state index in [2.05, 4.69) is 0 Å². The van der Waals surface area contributed by atoms with Crippen LogP contribution in [0.2, 0.25) is 0 Å². The normalized spacial score (nSPS) is 21.9. The number of ether oxygens (including phenoxy) is 2. The fourth-order valence-electron chi connectivity index (χ4n) is 3.00. The van der Waals surface area contributed by atoms with Gasteiger partial charge in [0.15, 0.2) is 0 Å². The lowest BCUT2D eigenvalue weighted by Gasteiger charge is -2.42. The van der Waals surface area contributed by atoms with Gasteiger partial charge in [-0.3, -0.25) is 9.59 Å². The third-order valence-electron chi connectivity index (χ3n) is 4.64. The second-order valence-electron chi connectivity index (χ2n) is 6.01. The molecule has 6 heteroatoms. The highest BCUT2D eigenvalue weighted by molar-refractivity contribution is 5.77. The molecule has 21 heavy (non-hydrogen) atoms. The first-order valence-corrected chi connectivity index (χ1v) is 7.71. The Kier molecular flexibility index (Phi) is 5.58. The standard InChI is InChI=1S/C15H25NO5/c1-20-15(6-2-7-15)11-13(17)16-8-3-12(4-9-16)21-10-5-14(18)19/h12H,2-11H2,1H3,(H,18,19). The summed E-state index contributed by atoms with van der Waals surface area (Å²) in [6.07, 6.45) is 5.25. The Morgan fingerprint density at radius 3 is 2.43 bits per heavy atom. The molecule has 0 atom stereocenters. The Hall–Kier alpha value is -1.14. The number of carbonyl (C=O) groups excluding carboxylic acids is 1. The fraction of sp³-hybridized carbons (Fsp3) is 0.867. The summed E-state index contributed by atoms with van der Waals surface area (Å²) in [6.45, 7) is 1.63. The Labute approximate surface area is 125 Å². The third-order valence-corrected chi connectivity index (χ3v) is 4.64. The molecule has 2 aliphatic rings. The first-order valence-electron chi connectivity index (χ1n) is 7.71. The summed E-state index contributed by atoms with van der Waals surface area (Å²) in [5.41, 5.74) is -0.216. The zero-order valence-electron chi connectivity index (χ0n) is 12.7. The summed E-state index contributed by atoms with van der Waals surface area (Å²) in [5, 5.41) is 8.57. The maximum absolute atomic E-state index is 12.3. The van der Waals surface area contributed by atoms with Gasteiger partial charge in [-0.15, -0.1) is 0 Å². The Bertz CT molecular complexity index is 367. The minimum Gasteiger partial charge on any atom is -0.481 e. The van der Waals surface area contributed by atoms with E-state index < -0.39 is 5.97 Å². The molecule has 0 aromatic heterocycles. The van der Waals surface area contributed by atoms with Crippen LogP contribution in [0.5, 0.6) is 0 Å². The average molecular weight is 299 g/mol. The number of methoxy groups -OCH3 is 1. The van der Waals surface area contributed by atoms with E-state index in [9.17, 15) is 9.59 Å². The van der Waals surface area contributed by atoms with Crippen LogP contribution in [-0.4, -0.2) is 60.4 Å². The average Bonchev–Trinajstić information content (AvgIpc) is 2.43. The van der Waals surface area contributed by atoms with Gasteiger partial charge in [0.05, 0.1) is 31.2 Å². The van der Waals surface area contributed by atoms with Crippen LogP contribution in [0.3, 0.4) is 0 Å². The van der Waals surface area contributed by atoms with E-state index in [0.29, 0.717) is 19.5 Å². The monoisotopic (exact) mass is 299 g/mol. The number of carboxylic acids is 1. The van der Waals surface area contributed by atoms with Crippen molar-refractivity contribution in [2.24, 2.45) is 0 Å². The molecule has 0 unspecified atom stereocenters. The van der Waals surface area contributed by atoms with Crippen molar-refractivity contribution in [3.05, 3.63) is 0 Å². The molecular weight excluding hydrogens is 274 g/mol. The lowest BCUT2D eigenvalue weighted by atomic mass is 9.77. The summed E-state index contributed by atoms with van der Waals surface area (Å²) >= 11 is 0. The summed E-state index contributed by atoms with van der Waals surface area (Å²) < 4.78 is 11.0. The summed E-state index contributed by atoms with van der Waals surface area (Å²) in [5.74, 6) is -0.673. The highest BCUT2D eigenvalue weighted by Gasteiger charge is 2.40. The highest BCUT2D eigenvalue weighted by atomic mass is 16.5. The van der Waals surface area contributed by atoms with Crippen molar-refractivity contribution < 1.29 is 24.2 Å². The van der Waals surface area contributed by atoms with Crippen LogP contribution in [0.15, 0.2) is 0 Å². The maximum Gasteiger partial charge on any atom is 0.305 e. The van der Waals surface area contributed by atoms with Crippen molar-refractivity contribution >= 4 is 11.9 Å². The van der Waals surface area contributed by atoms with Crippen molar-refractivity contribution in [3.8, 4) is 0 Å². The van der Waals surface area contributed by atoms with Crippen molar-refractivity contribution in [2.75, 3.05) is 26.8 Å². The number of amides is 1. The number of nitrogens with zero attached hydrogens (tertiary/aromatic N) is 1. The number of carbonyl (C=O) groups is 2. The molecule has 1 N–H and O–H groups in total. The molecule has 0 bridgehead atoms. The first kappa shape index (κ1) is 16.2. The molecule has 1 aliphatic carbocycles. The molecule has 0 spiro atoms. The van der Waals surface area contributed by atoms with Crippen molar-refractivity contribution in [3.63, 3.8) is 0 Å². The van der Waals surface area contributed by atoms with Gasteiger partial charge >= 0.3 is 5.97 Å². The SMILES string of the molecule is COC1(CC(=O)N2CCC(OCCC(=O)O)CC2)CCC1. The number of piperidine rings is 1. The van der Waals surface area contributed by atoms with E-state index in [1.807, 2.05) is 4.90 Å². The lowest BCUT2D eigenvalue weighted by Crippen LogP contribution is -2.47. The van der Waals surface area contributed by atoms with Gasteiger partial charge in [0, 0.05) is 20.2 Å². The van der Waals surface area contributed by atoms with Crippen LogP contribution in [0.25, 0.3) is 0 Å². The number of hydrogen-bond acceptors (Lipinski definition) is 4. The zero-order chi connectivity index (χ0) is 15.3. The maximum atomic E-state index is 12.3. The Morgan fingerprint density at radius 2 is 1.95 bits per heavy atom. The molecule has 0 radical (unpaired) electrons. The molecule has 1 amide bonds. The minimum atomic E-state index is -0.840. The molecular formula is C15H25NO5. The Morgan fingerprint density at radius 1 is 1.29 bits per heavy atom. The molecule has 0 aromatic carbocycles. The largest absolute Gasteiger partial charge is 0.481 e. The van der Waals surface area contributed by atoms with Crippen LogP contribution in [0, 0.1) is 0 Å². The van der Waals surface area contributed by atoms with Gasteiger partial charge in [0.2, 0.25) is 5.91 Å². The van der Waals surface area contributed by atoms with Crippen molar-refractivity contribution in [2.45, 2.75) is 56.7 Å². The van der Waals surface area contributed by atoms with Gasteiger partial charge in [-0.25, -0.2) is 0 Å². The number of likely N-dealkylation sites (tertiary alicyclic amines) is 1. The van der Waals surface area contributed by atoms with E-state index in [-0.39, 0.29) is 30.6 Å². The van der Waals surface area contributed by atoms with Crippen LogP contribution in [0.4, 0.5) is 0 Å². The first-order chi connectivity index (χ1) is 10.0. The molecule has 2 rings (SSSR count). The highest BCUT2D eigenvalue weighted by Crippen LogP contribution is 2.38. The van der Waals surface area contributed by atoms with E-state index in [0.717, 1.165) is 32.1 Å². The van der Waals surface area contributed by atoms with Gasteiger partial charge in [-0.05, 0) is 32.1 Å². The fourth-order valence-corrected chi connectivity index (χ4v) is 3.00. The predicted octanol–water partition coefficient (Wildman–Crippen LogP) is 1.43. The second kappa shape index (κ2) is 7.22. The van der Waals surface area contributed by atoms with E-state index in [4.69, 9.17) is 14.6 Å². The molecule has 1 heterocycles. The number of hydrogen-bond donors (Lipinski definition) is 1.